The third kappa shape index (κ3) is 5.68. The topological polar surface area (TPSA) is 194 Å². The molecule has 0 saturated carbocycles. The Morgan fingerprint density at radius 3 is 2.07 bits per heavy atom. The summed E-state index contributed by atoms with van der Waals surface area (Å²) in [6.45, 7) is -1.01. The van der Waals surface area contributed by atoms with Crippen LogP contribution in [0.3, 0.4) is 0 Å². The summed E-state index contributed by atoms with van der Waals surface area (Å²) in [6, 6.07) is 16.7. The number of H-pyrrole nitrogens is 1. The van der Waals surface area contributed by atoms with Gasteiger partial charge in [0, 0.05) is 22.7 Å². The van der Waals surface area contributed by atoms with E-state index in [4.69, 9.17) is 18.9 Å². The number of phenols is 2. The summed E-state index contributed by atoms with van der Waals surface area (Å²) in [7, 11) is 2.83. The minimum Gasteiger partial charge on any atom is -0.504 e. The molecule has 7 atom stereocenters. The van der Waals surface area contributed by atoms with Crippen molar-refractivity contribution in [2.24, 2.45) is 0 Å². The summed E-state index contributed by atoms with van der Waals surface area (Å²) in [5, 5.41) is 73.2. The number of nitrogens with one attached hydrogen (secondary N) is 1. The molecule has 1 saturated heterocycles. The molecular weight excluding hydrogens is 562 g/mol. The van der Waals surface area contributed by atoms with Crippen molar-refractivity contribution in [1.82, 2.24) is 4.98 Å². The Balaban J connectivity index is 1.71. The number of aromatic hydroxyl groups is 2. The molecule has 1 aliphatic rings. The molecule has 0 spiro atoms. The van der Waals surface area contributed by atoms with E-state index < -0.39 is 49.1 Å². The zero-order chi connectivity index (χ0) is 30.8. The average Bonchev–Trinajstić information content (AvgIpc) is 3.38. The first kappa shape index (κ1) is 30.4. The highest BCUT2D eigenvalue weighted by Crippen LogP contribution is 2.47. The van der Waals surface area contributed by atoms with Crippen molar-refractivity contribution in [3.05, 3.63) is 77.5 Å². The molecule has 1 aliphatic heterocycles. The second-order valence-corrected chi connectivity index (χ2v) is 10.4. The lowest BCUT2D eigenvalue weighted by atomic mass is 9.79. The summed E-state index contributed by atoms with van der Waals surface area (Å²) >= 11 is 0. The van der Waals surface area contributed by atoms with E-state index in [1.54, 1.807) is 36.4 Å². The number of hydrogen-bond acceptors (Lipinski definition) is 11. The van der Waals surface area contributed by atoms with Gasteiger partial charge >= 0.3 is 0 Å². The number of aromatic amines is 1. The molecule has 12 nitrogen and oxygen atoms in total. The zero-order valence-electron chi connectivity index (χ0n) is 23.5. The molecule has 0 bridgehead atoms. The number of phenolic OH excluding ortho intramolecular Hbond substituents is 2. The first-order valence-electron chi connectivity index (χ1n) is 13.6. The van der Waals surface area contributed by atoms with E-state index in [0.29, 0.717) is 27.7 Å². The normalized spacial score (nSPS) is 23.6. The standard InChI is InChI=1S/C31H35NO11/c1-40-22-11-15(7-9-20(22)35)18(13-33)25(16-8-10-21(36)23(12-16)41-2)26-30(17-5-3-4-6-19(17)32-26)43-31-29(39)28(38)27(37)24(14-34)42-31/h3-12,18,24-25,27-29,31-39H,13-14H2,1-2H3/t18?,24-,25?,27-,28+,29-,31+/m1/s1. The van der Waals surface area contributed by atoms with Crippen LogP contribution in [0.15, 0.2) is 60.7 Å². The predicted octanol–water partition coefficient (Wildman–Crippen LogP) is 1.68. The van der Waals surface area contributed by atoms with Gasteiger partial charge in [-0.1, -0.05) is 24.3 Å². The highest BCUT2D eigenvalue weighted by Gasteiger charge is 2.45. The van der Waals surface area contributed by atoms with Crippen molar-refractivity contribution >= 4 is 10.9 Å². The number of aliphatic hydroxyl groups excluding tert-OH is 5. The molecule has 4 aromatic rings. The predicted molar refractivity (Wildman–Crippen MR) is 154 cm³/mol. The van der Waals surface area contributed by atoms with Gasteiger partial charge < -0.3 is 59.7 Å². The Labute approximate surface area is 246 Å². The van der Waals surface area contributed by atoms with Crippen LogP contribution in [0.4, 0.5) is 0 Å². The Bertz CT molecular complexity index is 1550. The molecule has 8 N–H and O–H groups in total. The lowest BCUT2D eigenvalue weighted by Crippen LogP contribution is -2.60. The van der Waals surface area contributed by atoms with Crippen LogP contribution in [0.25, 0.3) is 10.9 Å². The molecule has 3 aromatic carbocycles. The summed E-state index contributed by atoms with van der Waals surface area (Å²) in [6.07, 6.45) is -7.56. The Kier molecular flexibility index (Phi) is 8.97. The Hall–Kier alpha value is -4.04. The molecule has 12 heteroatoms. The van der Waals surface area contributed by atoms with Crippen molar-refractivity contribution < 1.29 is 54.7 Å². The maximum Gasteiger partial charge on any atom is 0.229 e. The first-order chi connectivity index (χ1) is 20.7. The number of fused-ring (bicyclic) bond motifs is 1. The largest absolute Gasteiger partial charge is 0.504 e. The second-order valence-electron chi connectivity index (χ2n) is 10.4. The van der Waals surface area contributed by atoms with Gasteiger partial charge in [-0.25, -0.2) is 0 Å². The minimum absolute atomic E-state index is 0.0805. The number of benzene rings is 3. The number of aromatic nitrogens is 1. The molecule has 0 aliphatic carbocycles. The van der Waals surface area contributed by atoms with Gasteiger partial charge in [-0.2, -0.15) is 0 Å². The fourth-order valence-electron chi connectivity index (χ4n) is 5.58. The summed E-state index contributed by atoms with van der Waals surface area (Å²) in [4.78, 5) is 3.37. The lowest BCUT2D eigenvalue weighted by Gasteiger charge is -2.39. The minimum atomic E-state index is -1.67. The van der Waals surface area contributed by atoms with Crippen LogP contribution in [-0.2, 0) is 4.74 Å². The monoisotopic (exact) mass is 597 g/mol. The smallest absolute Gasteiger partial charge is 0.229 e. The molecule has 0 radical (unpaired) electrons. The number of aliphatic hydroxyl groups is 5. The summed E-state index contributed by atoms with van der Waals surface area (Å²) in [5.74, 6) is -0.965. The average molecular weight is 598 g/mol. The van der Waals surface area contributed by atoms with Gasteiger partial charge in [0.2, 0.25) is 6.29 Å². The third-order valence-electron chi connectivity index (χ3n) is 7.87. The van der Waals surface area contributed by atoms with Gasteiger partial charge in [0.05, 0.1) is 33.1 Å². The molecule has 43 heavy (non-hydrogen) atoms. The van der Waals surface area contributed by atoms with E-state index in [0.717, 1.165) is 0 Å². The number of ether oxygens (including phenoxy) is 4. The highest BCUT2D eigenvalue weighted by molar-refractivity contribution is 5.88. The van der Waals surface area contributed by atoms with Crippen molar-refractivity contribution in [2.45, 2.75) is 42.5 Å². The van der Waals surface area contributed by atoms with Gasteiger partial charge in [-0.3, -0.25) is 0 Å². The van der Waals surface area contributed by atoms with Crippen molar-refractivity contribution in [3.63, 3.8) is 0 Å². The molecule has 2 unspecified atom stereocenters. The summed E-state index contributed by atoms with van der Waals surface area (Å²) < 4.78 is 22.6. The zero-order valence-corrected chi connectivity index (χ0v) is 23.5. The fourth-order valence-corrected chi connectivity index (χ4v) is 5.58. The number of hydrogen-bond donors (Lipinski definition) is 8. The quantitative estimate of drug-likeness (QED) is 0.133. The van der Waals surface area contributed by atoms with Crippen LogP contribution in [0.2, 0.25) is 0 Å². The van der Waals surface area contributed by atoms with E-state index in [2.05, 4.69) is 4.98 Å². The second kappa shape index (κ2) is 12.7. The molecule has 230 valence electrons. The highest BCUT2D eigenvalue weighted by atomic mass is 16.7. The molecular formula is C31H35NO11. The Morgan fingerprint density at radius 1 is 0.814 bits per heavy atom. The van der Waals surface area contributed by atoms with E-state index >= 15 is 0 Å². The van der Waals surface area contributed by atoms with Crippen molar-refractivity contribution in [2.75, 3.05) is 27.4 Å². The number of methoxy groups -OCH3 is 2. The molecule has 5 rings (SSSR count). The van der Waals surface area contributed by atoms with E-state index in [-0.39, 0.29) is 35.4 Å². The maximum atomic E-state index is 10.9. The van der Waals surface area contributed by atoms with Crippen LogP contribution < -0.4 is 14.2 Å². The van der Waals surface area contributed by atoms with Gasteiger partial charge in [-0.15, -0.1) is 0 Å². The third-order valence-corrected chi connectivity index (χ3v) is 7.87. The SMILES string of the molecule is COc1cc(C(CO)C(c2ccc(O)c(OC)c2)c2[nH]c3ccccc3c2O[C@@H]2O[C@H](CO)[C@@H](O)[C@H](O)[C@H]2O)ccc1O. The van der Waals surface area contributed by atoms with E-state index in [9.17, 15) is 35.7 Å². The maximum absolute atomic E-state index is 10.9. The van der Waals surface area contributed by atoms with Gasteiger partial charge in [0.25, 0.3) is 0 Å². The van der Waals surface area contributed by atoms with Gasteiger partial charge in [0.1, 0.15) is 24.4 Å². The van der Waals surface area contributed by atoms with Crippen LogP contribution in [0, 0.1) is 0 Å². The fraction of sp³-hybridized carbons (Fsp3) is 0.355. The van der Waals surface area contributed by atoms with Gasteiger partial charge in [-0.05, 0) is 47.5 Å². The molecule has 2 heterocycles. The van der Waals surface area contributed by atoms with Gasteiger partial charge in [0.15, 0.2) is 28.7 Å². The number of rotatable bonds is 10. The Morgan fingerprint density at radius 2 is 1.44 bits per heavy atom. The van der Waals surface area contributed by atoms with Crippen molar-refractivity contribution in [3.8, 4) is 28.7 Å². The molecule has 1 aromatic heterocycles. The van der Waals surface area contributed by atoms with E-state index in [1.807, 2.05) is 12.1 Å². The summed E-state index contributed by atoms with van der Waals surface area (Å²) in [5.41, 5.74) is 2.29. The molecule has 0 amide bonds. The van der Waals surface area contributed by atoms with Crippen LogP contribution >= 0.6 is 0 Å². The van der Waals surface area contributed by atoms with E-state index in [1.165, 1.54) is 26.4 Å². The van der Waals surface area contributed by atoms with Crippen molar-refractivity contribution in [1.29, 1.82) is 0 Å². The van der Waals surface area contributed by atoms with Crippen LogP contribution in [0.1, 0.15) is 28.7 Å². The number of para-hydroxylation sites is 1. The lowest BCUT2D eigenvalue weighted by molar-refractivity contribution is -0.277. The molecule has 1 fully saturated rings. The first-order valence-corrected chi connectivity index (χ1v) is 13.6. The van der Waals surface area contributed by atoms with Crippen LogP contribution in [0.5, 0.6) is 28.7 Å². The van der Waals surface area contributed by atoms with Crippen LogP contribution in [-0.4, -0.2) is 98.9 Å².